The van der Waals surface area contributed by atoms with Gasteiger partial charge in [0, 0.05) is 12.6 Å². The molecule has 1 aromatic carbocycles. The minimum absolute atomic E-state index is 0.123. The smallest absolute Gasteiger partial charge is 0.184 e. The Kier molecular flexibility index (Phi) is 4.40. The van der Waals surface area contributed by atoms with Gasteiger partial charge < -0.3 is 4.43 Å². The molecule has 0 unspecified atom stereocenters. The lowest BCUT2D eigenvalue weighted by molar-refractivity contribution is 0.0137. The molecule has 2 bridgehead atoms. The molecule has 0 saturated carbocycles. The van der Waals surface area contributed by atoms with Crippen molar-refractivity contribution in [2.24, 2.45) is 5.92 Å². The van der Waals surface area contributed by atoms with Gasteiger partial charge in [0.25, 0.3) is 0 Å². The van der Waals surface area contributed by atoms with Gasteiger partial charge in [-0.1, -0.05) is 30.3 Å². The Labute approximate surface area is 135 Å². The van der Waals surface area contributed by atoms with Crippen LogP contribution in [0.15, 0.2) is 30.3 Å². The lowest BCUT2D eigenvalue weighted by atomic mass is 9.95. The molecule has 2 saturated heterocycles. The van der Waals surface area contributed by atoms with Crippen molar-refractivity contribution in [2.45, 2.75) is 63.6 Å². The quantitative estimate of drug-likeness (QED) is 0.794. The van der Waals surface area contributed by atoms with E-state index >= 15 is 0 Å². The summed E-state index contributed by atoms with van der Waals surface area (Å²) in [5.74, 6) is 0.123. The van der Waals surface area contributed by atoms with Crippen molar-refractivity contribution >= 4 is 8.32 Å². The molecule has 0 N–H and O–H groups in total. The minimum atomic E-state index is -1.58. The molecule has 0 aromatic heterocycles. The van der Waals surface area contributed by atoms with E-state index in [9.17, 15) is 5.26 Å². The van der Waals surface area contributed by atoms with Crippen LogP contribution in [0.5, 0.6) is 0 Å². The van der Waals surface area contributed by atoms with Crippen LogP contribution < -0.4 is 0 Å². The number of nitriles is 1. The monoisotopic (exact) mass is 314 g/mol. The molecule has 0 radical (unpaired) electrons. The third-order valence-corrected chi connectivity index (χ3v) is 5.84. The van der Waals surface area contributed by atoms with E-state index in [0.29, 0.717) is 6.04 Å². The van der Waals surface area contributed by atoms with Crippen LogP contribution in [0.2, 0.25) is 19.6 Å². The van der Waals surface area contributed by atoms with E-state index in [0.717, 1.165) is 25.8 Å². The van der Waals surface area contributed by atoms with Gasteiger partial charge in [-0.05, 0) is 44.5 Å². The first kappa shape index (κ1) is 15.7. The van der Waals surface area contributed by atoms with Crippen LogP contribution in [-0.2, 0) is 11.0 Å². The Morgan fingerprint density at radius 3 is 2.59 bits per heavy atom. The molecule has 2 heterocycles. The number of hydrogen-bond acceptors (Lipinski definition) is 3. The summed E-state index contributed by atoms with van der Waals surface area (Å²) in [6.45, 7) is 7.69. The lowest BCUT2D eigenvalue weighted by Crippen LogP contribution is -2.52. The van der Waals surface area contributed by atoms with Crippen LogP contribution in [0.1, 0.15) is 24.8 Å². The first-order chi connectivity index (χ1) is 10.5. The van der Waals surface area contributed by atoms with E-state index in [-0.39, 0.29) is 18.1 Å². The Morgan fingerprint density at radius 1 is 1.23 bits per heavy atom. The second kappa shape index (κ2) is 6.15. The van der Waals surface area contributed by atoms with Gasteiger partial charge in [0.1, 0.15) is 0 Å². The highest BCUT2D eigenvalue weighted by molar-refractivity contribution is 6.69. The van der Waals surface area contributed by atoms with Crippen molar-refractivity contribution in [1.29, 1.82) is 5.26 Å². The summed E-state index contributed by atoms with van der Waals surface area (Å²) in [4.78, 5) is 2.55. The molecule has 4 heteroatoms. The van der Waals surface area contributed by atoms with Crippen LogP contribution in [0.25, 0.3) is 0 Å². The van der Waals surface area contributed by atoms with E-state index in [2.05, 4.69) is 60.9 Å². The predicted molar refractivity (Wildman–Crippen MR) is 90.7 cm³/mol. The van der Waals surface area contributed by atoms with Crippen LogP contribution >= 0.6 is 0 Å². The van der Waals surface area contributed by atoms with Gasteiger partial charge in [-0.3, -0.25) is 4.90 Å². The molecule has 118 valence electrons. The number of nitrogens with zero attached hydrogens (tertiary/aromatic N) is 2. The number of piperidine rings is 1. The fraction of sp³-hybridized carbons (Fsp3) is 0.611. The zero-order chi connectivity index (χ0) is 15.7. The Bertz CT molecular complexity index is 548. The highest BCUT2D eigenvalue weighted by Crippen LogP contribution is 2.42. The van der Waals surface area contributed by atoms with Crippen molar-refractivity contribution in [1.82, 2.24) is 4.90 Å². The zero-order valence-electron chi connectivity index (χ0n) is 13.8. The molecule has 2 aliphatic rings. The van der Waals surface area contributed by atoms with E-state index in [1.807, 2.05) is 0 Å². The molecule has 3 rings (SSSR count). The molecule has 2 fully saturated rings. The van der Waals surface area contributed by atoms with Gasteiger partial charge in [-0.25, -0.2) is 0 Å². The third-order valence-electron chi connectivity index (χ3n) is 4.83. The SMILES string of the molecule is C[Si](C)(C)O[C@@H]1CC[C@@H]2C[C@H](C#N)[C@H]1N2Cc1ccccc1. The number of hydrogen-bond donors (Lipinski definition) is 0. The number of rotatable bonds is 4. The summed E-state index contributed by atoms with van der Waals surface area (Å²) >= 11 is 0. The van der Waals surface area contributed by atoms with Crippen molar-refractivity contribution < 1.29 is 4.43 Å². The van der Waals surface area contributed by atoms with E-state index in [4.69, 9.17) is 4.43 Å². The van der Waals surface area contributed by atoms with Gasteiger partial charge in [0.05, 0.1) is 24.1 Å². The predicted octanol–water partition coefficient (Wildman–Crippen LogP) is 3.78. The average molecular weight is 315 g/mol. The van der Waals surface area contributed by atoms with Gasteiger partial charge >= 0.3 is 0 Å². The fourth-order valence-corrected chi connectivity index (χ4v) is 5.23. The third kappa shape index (κ3) is 3.27. The van der Waals surface area contributed by atoms with E-state index in [1.165, 1.54) is 5.56 Å². The van der Waals surface area contributed by atoms with Crippen LogP contribution in [0.4, 0.5) is 0 Å². The highest BCUT2D eigenvalue weighted by atomic mass is 28.4. The summed E-state index contributed by atoms with van der Waals surface area (Å²) in [5, 5.41) is 9.59. The van der Waals surface area contributed by atoms with E-state index < -0.39 is 8.32 Å². The first-order valence-electron chi connectivity index (χ1n) is 8.35. The van der Waals surface area contributed by atoms with Gasteiger partial charge in [-0.15, -0.1) is 0 Å². The van der Waals surface area contributed by atoms with Gasteiger partial charge in [0.15, 0.2) is 8.32 Å². The largest absolute Gasteiger partial charge is 0.413 e. The van der Waals surface area contributed by atoms with Gasteiger partial charge in [0.2, 0.25) is 0 Å². The Hall–Kier alpha value is -1.15. The average Bonchev–Trinajstić information content (AvgIpc) is 2.70. The van der Waals surface area contributed by atoms with Crippen LogP contribution in [0, 0.1) is 17.2 Å². The molecule has 0 aliphatic carbocycles. The van der Waals surface area contributed by atoms with E-state index in [1.54, 1.807) is 0 Å². The normalized spacial score (nSPS) is 31.9. The highest BCUT2D eigenvalue weighted by Gasteiger charge is 2.49. The second-order valence-corrected chi connectivity index (χ2v) is 12.1. The molecule has 22 heavy (non-hydrogen) atoms. The first-order valence-corrected chi connectivity index (χ1v) is 11.8. The molecule has 3 nitrogen and oxygen atoms in total. The molecule has 0 spiro atoms. The minimum Gasteiger partial charge on any atom is -0.413 e. The maximum Gasteiger partial charge on any atom is 0.184 e. The molecule has 1 aromatic rings. The Morgan fingerprint density at radius 2 is 1.95 bits per heavy atom. The van der Waals surface area contributed by atoms with Crippen molar-refractivity contribution in [2.75, 3.05) is 0 Å². The van der Waals surface area contributed by atoms with Crippen LogP contribution in [-0.4, -0.2) is 31.4 Å². The van der Waals surface area contributed by atoms with Crippen molar-refractivity contribution in [3.05, 3.63) is 35.9 Å². The number of benzene rings is 1. The van der Waals surface area contributed by atoms with Gasteiger partial charge in [-0.2, -0.15) is 5.26 Å². The standard InChI is InChI=1S/C18H26N2OSi/c1-22(2,3)21-17-10-9-16-11-15(12-19)18(17)20(16)13-14-7-5-4-6-8-14/h4-8,15-18H,9-11,13H2,1-3H3/t15-,16-,17-,18-/m1/s1. The Balaban J connectivity index is 1.82. The maximum absolute atomic E-state index is 9.59. The fourth-order valence-electron chi connectivity index (χ4n) is 4.07. The molecular formula is C18H26N2OSi. The second-order valence-electron chi connectivity index (χ2n) is 7.62. The topological polar surface area (TPSA) is 36.3 Å². The number of fused-ring (bicyclic) bond motifs is 2. The molecule has 4 atom stereocenters. The molecular weight excluding hydrogens is 288 g/mol. The zero-order valence-corrected chi connectivity index (χ0v) is 14.8. The summed E-state index contributed by atoms with van der Waals surface area (Å²) in [6.07, 6.45) is 3.53. The van der Waals surface area contributed by atoms with Crippen molar-refractivity contribution in [3.8, 4) is 6.07 Å². The summed E-state index contributed by atoms with van der Waals surface area (Å²) in [7, 11) is -1.58. The summed E-state index contributed by atoms with van der Waals surface area (Å²) in [6, 6.07) is 14.0. The van der Waals surface area contributed by atoms with Crippen molar-refractivity contribution in [3.63, 3.8) is 0 Å². The molecule has 0 amide bonds. The summed E-state index contributed by atoms with van der Waals surface area (Å²) in [5.41, 5.74) is 1.34. The maximum atomic E-state index is 9.59. The van der Waals surface area contributed by atoms with Crippen LogP contribution in [0.3, 0.4) is 0 Å². The summed E-state index contributed by atoms with van der Waals surface area (Å²) < 4.78 is 6.45. The lowest BCUT2D eigenvalue weighted by Gasteiger charge is -2.42. The molecule has 2 aliphatic heterocycles.